The molecule has 3 heteroatoms. The third kappa shape index (κ3) is 5.05. The second-order valence-electron chi connectivity index (χ2n) is 7.23. The van der Waals surface area contributed by atoms with Crippen molar-refractivity contribution in [1.29, 1.82) is 0 Å². The topological polar surface area (TPSA) is 32.4 Å². The molecule has 1 heterocycles. The molecule has 1 radical (unpaired) electrons. The number of hydroxylamine groups is 2. The van der Waals surface area contributed by atoms with E-state index in [1.54, 1.807) is 0 Å². The molecule has 1 aliphatic heterocycles. The van der Waals surface area contributed by atoms with Gasteiger partial charge in [-0.05, 0) is 47.0 Å². The molecular weight excluding hydrogens is 238 g/mol. The Morgan fingerprint density at radius 1 is 1.00 bits per heavy atom. The molecule has 1 fully saturated rings. The Bertz CT molecular complexity index is 245. The minimum Gasteiger partial charge on any atom is -0.378 e. The molecule has 0 bridgehead atoms. The maximum atomic E-state index is 12.2. The summed E-state index contributed by atoms with van der Waals surface area (Å²) in [6.07, 6.45) is 8.26. The first-order valence-corrected chi connectivity index (χ1v) is 7.88. The Labute approximate surface area is 119 Å². The zero-order valence-electron chi connectivity index (χ0n) is 13.5. The van der Waals surface area contributed by atoms with Gasteiger partial charge in [0.05, 0.1) is 6.10 Å². The summed E-state index contributed by atoms with van der Waals surface area (Å²) in [5.41, 5.74) is -0.622. The maximum Gasteiger partial charge on any atom is 0.0611 e. The maximum absolute atomic E-state index is 12.2. The molecule has 0 aromatic rings. The van der Waals surface area contributed by atoms with E-state index in [0.717, 1.165) is 25.9 Å². The van der Waals surface area contributed by atoms with Crippen molar-refractivity contribution in [2.75, 3.05) is 6.61 Å². The Kier molecular flexibility index (Phi) is 6.28. The zero-order chi connectivity index (χ0) is 14.5. The van der Waals surface area contributed by atoms with Gasteiger partial charge in [0.1, 0.15) is 0 Å². The van der Waals surface area contributed by atoms with Crippen LogP contribution < -0.4 is 0 Å². The van der Waals surface area contributed by atoms with Crippen molar-refractivity contribution in [3.05, 3.63) is 0 Å². The third-order valence-corrected chi connectivity index (χ3v) is 4.16. The average molecular weight is 270 g/mol. The summed E-state index contributed by atoms with van der Waals surface area (Å²) in [6.45, 7) is 11.2. The molecule has 0 saturated carbocycles. The summed E-state index contributed by atoms with van der Waals surface area (Å²) < 4.78 is 6.02. The van der Waals surface area contributed by atoms with Crippen molar-refractivity contribution in [2.24, 2.45) is 0 Å². The summed E-state index contributed by atoms with van der Waals surface area (Å²) in [6, 6.07) is 0. The van der Waals surface area contributed by atoms with Gasteiger partial charge in [0.15, 0.2) is 0 Å². The van der Waals surface area contributed by atoms with Crippen molar-refractivity contribution in [3.8, 4) is 0 Å². The minimum atomic E-state index is -0.311. The van der Waals surface area contributed by atoms with Crippen LogP contribution in [0.3, 0.4) is 0 Å². The predicted octanol–water partition coefficient (Wildman–Crippen LogP) is 4.34. The average Bonchev–Trinajstić information content (AvgIpc) is 2.30. The van der Waals surface area contributed by atoms with Gasteiger partial charge in [0.25, 0.3) is 0 Å². The van der Waals surface area contributed by atoms with Gasteiger partial charge in [-0.15, -0.1) is 10.3 Å². The van der Waals surface area contributed by atoms with Crippen LogP contribution in [0.2, 0.25) is 0 Å². The van der Waals surface area contributed by atoms with E-state index in [9.17, 15) is 5.21 Å². The molecule has 0 spiro atoms. The highest BCUT2D eigenvalue weighted by Crippen LogP contribution is 2.38. The lowest BCUT2D eigenvalue weighted by atomic mass is 9.80. The second-order valence-corrected chi connectivity index (χ2v) is 7.23. The smallest absolute Gasteiger partial charge is 0.0611 e. The largest absolute Gasteiger partial charge is 0.378 e. The molecule has 1 saturated heterocycles. The van der Waals surface area contributed by atoms with Crippen molar-refractivity contribution in [1.82, 2.24) is 5.06 Å². The van der Waals surface area contributed by atoms with Gasteiger partial charge < -0.3 is 4.74 Å². The molecule has 19 heavy (non-hydrogen) atoms. The Balaban J connectivity index is 2.31. The molecule has 0 atom stereocenters. The summed E-state index contributed by atoms with van der Waals surface area (Å²) >= 11 is 0. The Hall–Kier alpha value is -0.120. The zero-order valence-corrected chi connectivity index (χ0v) is 13.5. The van der Waals surface area contributed by atoms with Crippen molar-refractivity contribution in [3.63, 3.8) is 0 Å². The normalized spacial score (nSPS) is 23.7. The number of ether oxygens (including phenoxy) is 1. The minimum absolute atomic E-state index is 0.237. The fourth-order valence-corrected chi connectivity index (χ4v) is 3.25. The molecule has 0 unspecified atom stereocenters. The van der Waals surface area contributed by atoms with Crippen LogP contribution in [0.25, 0.3) is 0 Å². The highest BCUT2D eigenvalue weighted by atomic mass is 16.5. The van der Waals surface area contributed by atoms with E-state index in [-0.39, 0.29) is 17.2 Å². The second kappa shape index (κ2) is 7.05. The van der Waals surface area contributed by atoms with E-state index in [4.69, 9.17) is 4.74 Å². The number of unbranched alkanes of at least 4 members (excludes halogenated alkanes) is 4. The van der Waals surface area contributed by atoms with Gasteiger partial charge in [-0.1, -0.05) is 32.6 Å². The van der Waals surface area contributed by atoms with E-state index >= 15 is 0 Å². The molecule has 3 nitrogen and oxygen atoms in total. The molecule has 0 aromatic heterocycles. The first kappa shape index (κ1) is 16.9. The Morgan fingerprint density at radius 2 is 1.53 bits per heavy atom. The van der Waals surface area contributed by atoms with Gasteiger partial charge in [-0.2, -0.15) is 0 Å². The van der Waals surface area contributed by atoms with Crippen LogP contribution in [-0.4, -0.2) is 28.9 Å². The molecule has 0 aromatic carbocycles. The Morgan fingerprint density at radius 3 is 2.05 bits per heavy atom. The fraction of sp³-hybridized carbons (Fsp3) is 1.00. The molecule has 0 N–H and O–H groups in total. The van der Waals surface area contributed by atoms with Crippen LogP contribution in [0.1, 0.15) is 79.6 Å². The molecule has 113 valence electrons. The highest BCUT2D eigenvalue weighted by Gasteiger charge is 2.46. The van der Waals surface area contributed by atoms with E-state index in [2.05, 4.69) is 6.92 Å². The molecule has 1 aliphatic rings. The van der Waals surface area contributed by atoms with Gasteiger partial charge in [0.2, 0.25) is 0 Å². The first-order valence-electron chi connectivity index (χ1n) is 7.88. The lowest BCUT2D eigenvalue weighted by Crippen LogP contribution is -2.59. The van der Waals surface area contributed by atoms with Crippen LogP contribution in [-0.2, 0) is 9.94 Å². The lowest BCUT2D eigenvalue weighted by molar-refractivity contribution is -0.301. The number of nitrogens with zero attached hydrogens (tertiary/aromatic N) is 1. The number of hydrogen-bond acceptors (Lipinski definition) is 2. The van der Waals surface area contributed by atoms with E-state index in [1.807, 2.05) is 27.7 Å². The van der Waals surface area contributed by atoms with Crippen molar-refractivity contribution < 1.29 is 9.94 Å². The van der Waals surface area contributed by atoms with E-state index in [0.29, 0.717) is 0 Å². The summed E-state index contributed by atoms with van der Waals surface area (Å²) in [5.74, 6) is 0. The fourth-order valence-electron chi connectivity index (χ4n) is 3.25. The van der Waals surface area contributed by atoms with Crippen LogP contribution in [0, 0.1) is 0 Å². The van der Waals surface area contributed by atoms with Crippen molar-refractivity contribution in [2.45, 2.75) is 96.7 Å². The van der Waals surface area contributed by atoms with Gasteiger partial charge in [-0.3, -0.25) is 0 Å². The summed E-state index contributed by atoms with van der Waals surface area (Å²) in [7, 11) is 0. The van der Waals surface area contributed by atoms with E-state index < -0.39 is 0 Å². The van der Waals surface area contributed by atoms with Crippen LogP contribution in [0.15, 0.2) is 0 Å². The van der Waals surface area contributed by atoms with Gasteiger partial charge in [0, 0.05) is 17.7 Å². The monoisotopic (exact) mass is 270 g/mol. The predicted molar refractivity (Wildman–Crippen MR) is 78.4 cm³/mol. The first-order chi connectivity index (χ1) is 8.79. The van der Waals surface area contributed by atoms with Crippen molar-refractivity contribution >= 4 is 0 Å². The van der Waals surface area contributed by atoms with Crippen LogP contribution >= 0.6 is 0 Å². The molecule has 0 aliphatic carbocycles. The van der Waals surface area contributed by atoms with Crippen LogP contribution in [0.4, 0.5) is 0 Å². The SMILES string of the molecule is CCCCCCCOC1CC(C)(C)N([O])C(C)(C)C1. The lowest BCUT2D eigenvalue weighted by Gasteiger charge is -2.49. The quantitative estimate of drug-likeness (QED) is 0.645. The molecular formula is C16H32NO2. The number of rotatable bonds is 7. The molecule has 0 amide bonds. The number of piperidine rings is 1. The number of hydrogen-bond donors (Lipinski definition) is 0. The third-order valence-electron chi connectivity index (χ3n) is 4.16. The van der Waals surface area contributed by atoms with Gasteiger partial charge >= 0.3 is 0 Å². The van der Waals surface area contributed by atoms with E-state index in [1.165, 1.54) is 30.7 Å². The van der Waals surface area contributed by atoms with Gasteiger partial charge in [-0.25, -0.2) is 0 Å². The van der Waals surface area contributed by atoms with Crippen LogP contribution in [0.5, 0.6) is 0 Å². The standard InChI is InChI=1S/C16H32NO2/c1-6-7-8-9-10-11-19-14-12-15(2,3)17(18)16(4,5)13-14/h14H,6-13H2,1-5H3. The highest BCUT2D eigenvalue weighted by molar-refractivity contribution is 4.96. The summed E-state index contributed by atoms with van der Waals surface area (Å²) in [4.78, 5) is 0. The summed E-state index contributed by atoms with van der Waals surface area (Å²) in [5, 5.41) is 13.5. The molecule has 1 rings (SSSR count).